The van der Waals surface area contributed by atoms with Crippen LogP contribution in [0.25, 0.3) is 0 Å². The number of carbonyl (C=O) groups is 1. The van der Waals surface area contributed by atoms with Crippen LogP contribution in [0.4, 0.5) is 4.39 Å². The first-order valence-corrected chi connectivity index (χ1v) is 9.28. The second kappa shape index (κ2) is 10.4. The van der Waals surface area contributed by atoms with Crippen LogP contribution in [0.5, 0.6) is 0 Å². The quantitative estimate of drug-likeness (QED) is 0.579. The Labute approximate surface area is 140 Å². The Morgan fingerprint density at radius 2 is 1.65 bits per heavy atom. The number of unbranched alkanes of at least 4 members (excludes halogenated alkanes) is 5. The summed E-state index contributed by atoms with van der Waals surface area (Å²) in [5, 5.41) is 0. The van der Waals surface area contributed by atoms with Crippen LogP contribution in [0.3, 0.4) is 0 Å². The fourth-order valence-electron chi connectivity index (χ4n) is 3.31. The van der Waals surface area contributed by atoms with Crippen molar-refractivity contribution in [2.24, 2.45) is 0 Å². The lowest BCUT2D eigenvalue weighted by Crippen LogP contribution is -2.35. The van der Waals surface area contributed by atoms with Crippen molar-refractivity contribution < 1.29 is 9.18 Å². The predicted molar refractivity (Wildman–Crippen MR) is 92.9 cm³/mol. The highest BCUT2D eigenvalue weighted by atomic mass is 19.1. The smallest absolute Gasteiger partial charge is 0.222 e. The SMILES string of the molecule is O=C(CCCCCCCCc1cccc(F)c1)N1CCCCC1. The van der Waals surface area contributed by atoms with E-state index in [2.05, 4.69) is 0 Å². The number of aryl methyl sites for hydroxylation is 1. The zero-order valence-corrected chi connectivity index (χ0v) is 14.2. The average Bonchev–Trinajstić information content (AvgIpc) is 2.58. The van der Waals surface area contributed by atoms with Gasteiger partial charge in [0, 0.05) is 19.5 Å². The second-order valence-electron chi connectivity index (χ2n) is 6.69. The highest BCUT2D eigenvalue weighted by Gasteiger charge is 2.15. The first-order valence-electron chi connectivity index (χ1n) is 9.28. The molecule has 0 radical (unpaired) electrons. The van der Waals surface area contributed by atoms with E-state index in [0.29, 0.717) is 5.91 Å². The van der Waals surface area contributed by atoms with Gasteiger partial charge in [-0.1, -0.05) is 37.8 Å². The molecular formula is C20H30FNO. The molecule has 0 unspecified atom stereocenters. The van der Waals surface area contributed by atoms with E-state index in [1.807, 2.05) is 11.0 Å². The maximum Gasteiger partial charge on any atom is 0.222 e. The number of hydrogen-bond acceptors (Lipinski definition) is 1. The first-order chi connectivity index (χ1) is 11.3. The van der Waals surface area contributed by atoms with Gasteiger partial charge in [-0.2, -0.15) is 0 Å². The van der Waals surface area contributed by atoms with Gasteiger partial charge in [-0.15, -0.1) is 0 Å². The van der Waals surface area contributed by atoms with E-state index >= 15 is 0 Å². The molecule has 1 saturated heterocycles. The maximum absolute atomic E-state index is 13.1. The molecule has 23 heavy (non-hydrogen) atoms. The van der Waals surface area contributed by atoms with Crippen LogP contribution in [-0.4, -0.2) is 23.9 Å². The Morgan fingerprint density at radius 3 is 2.39 bits per heavy atom. The van der Waals surface area contributed by atoms with Gasteiger partial charge in [0.25, 0.3) is 0 Å². The van der Waals surface area contributed by atoms with Gasteiger partial charge in [0.1, 0.15) is 5.82 Å². The summed E-state index contributed by atoms with van der Waals surface area (Å²) in [5.74, 6) is 0.219. The number of carbonyl (C=O) groups excluding carboxylic acids is 1. The fraction of sp³-hybridized carbons (Fsp3) is 0.650. The van der Waals surface area contributed by atoms with Crippen molar-refractivity contribution in [3.63, 3.8) is 0 Å². The van der Waals surface area contributed by atoms with Crippen LogP contribution < -0.4 is 0 Å². The lowest BCUT2D eigenvalue weighted by Gasteiger charge is -2.26. The van der Waals surface area contributed by atoms with Gasteiger partial charge in [-0.25, -0.2) is 4.39 Å². The van der Waals surface area contributed by atoms with E-state index in [4.69, 9.17) is 0 Å². The van der Waals surface area contributed by atoms with Gasteiger partial charge in [-0.05, 0) is 56.2 Å². The minimum atomic E-state index is -0.138. The number of nitrogens with zero attached hydrogens (tertiary/aromatic N) is 1. The van der Waals surface area contributed by atoms with Crippen molar-refractivity contribution in [2.75, 3.05) is 13.1 Å². The molecule has 0 N–H and O–H groups in total. The molecule has 1 fully saturated rings. The molecule has 1 amide bonds. The van der Waals surface area contributed by atoms with Crippen LogP contribution >= 0.6 is 0 Å². The molecule has 0 bridgehead atoms. The summed E-state index contributed by atoms with van der Waals surface area (Å²) >= 11 is 0. The Morgan fingerprint density at radius 1 is 0.957 bits per heavy atom. The van der Waals surface area contributed by atoms with Crippen LogP contribution in [0, 0.1) is 5.82 Å². The van der Waals surface area contributed by atoms with Gasteiger partial charge < -0.3 is 4.90 Å². The molecule has 1 aliphatic heterocycles. The van der Waals surface area contributed by atoms with E-state index in [1.54, 1.807) is 12.1 Å². The van der Waals surface area contributed by atoms with Crippen LogP contribution in [0.2, 0.25) is 0 Å². The molecule has 1 aromatic carbocycles. The molecule has 1 aromatic rings. The van der Waals surface area contributed by atoms with E-state index < -0.39 is 0 Å². The van der Waals surface area contributed by atoms with Crippen molar-refractivity contribution in [1.29, 1.82) is 0 Å². The largest absolute Gasteiger partial charge is 0.343 e. The topological polar surface area (TPSA) is 20.3 Å². The highest BCUT2D eigenvalue weighted by molar-refractivity contribution is 5.76. The zero-order chi connectivity index (χ0) is 16.3. The summed E-state index contributed by atoms with van der Waals surface area (Å²) in [4.78, 5) is 14.1. The molecular weight excluding hydrogens is 289 g/mol. The van der Waals surface area contributed by atoms with Crippen LogP contribution in [0.15, 0.2) is 24.3 Å². The lowest BCUT2D eigenvalue weighted by molar-refractivity contribution is -0.132. The van der Waals surface area contributed by atoms with E-state index in [0.717, 1.165) is 50.8 Å². The highest BCUT2D eigenvalue weighted by Crippen LogP contribution is 2.14. The Kier molecular flexibility index (Phi) is 8.13. The molecule has 0 saturated carbocycles. The second-order valence-corrected chi connectivity index (χ2v) is 6.69. The summed E-state index contributed by atoms with van der Waals surface area (Å²) < 4.78 is 13.1. The zero-order valence-electron chi connectivity index (χ0n) is 14.2. The van der Waals surface area contributed by atoms with Crippen LogP contribution in [-0.2, 0) is 11.2 Å². The molecule has 0 aliphatic carbocycles. The molecule has 0 aromatic heterocycles. The molecule has 0 atom stereocenters. The van der Waals surface area contributed by atoms with Crippen molar-refractivity contribution in [1.82, 2.24) is 4.90 Å². The predicted octanol–water partition coefficient (Wildman–Crippen LogP) is 5.11. The summed E-state index contributed by atoms with van der Waals surface area (Å²) in [5.41, 5.74) is 1.09. The van der Waals surface area contributed by atoms with Crippen molar-refractivity contribution in [3.05, 3.63) is 35.6 Å². The molecule has 2 nitrogen and oxygen atoms in total. The number of hydrogen-bond donors (Lipinski definition) is 0. The number of piperidine rings is 1. The summed E-state index contributed by atoms with van der Waals surface area (Å²) in [6.45, 7) is 1.94. The van der Waals surface area contributed by atoms with Crippen molar-refractivity contribution >= 4 is 5.91 Å². The third kappa shape index (κ3) is 7.15. The third-order valence-electron chi connectivity index (χ3n) is 4.70. The Hall–Kier alpha value is -1.38. The molecule has 3 heteroatoms. The van der Waals surface area contributed by atoms with Gasteiger partial charge >= 0.3 is 0 Å². The Bertz CT molecular complexity index is 468. The van der Waals surface area contributed by atoms with Crippen LogP contribution in [0.1, 0.15) is 69.8 Å². The molecule has 1 heterocycles. The standard InChI is InChI=1S/C20H30FNO/c21-19-13-10-12-18(17-19)11-6-3-1-2-4-7-14-20(23)22-15-8-5-9-16-22/h10,12-13,17H,1-9,11,14-16H2. The molecule has 128 valence electrons. The Balaban J connectivity index is 1.44. The number of benzene rings is 1. The summed E-state index contributed by atoms with van der Waals surface area (Å²) in [7, 11) is 0. The minimum Gasteiger partial charge on any atom is -0.343 e. The fourth-order valence-corrected chi connectivity index (χ4v) is 3.31. The van der Waals surface area contributed by atoms with E-state index in [1.165, 1.54) is 44.6 Å². The van der Waals surface area contributed by atoms with Gasteiger partial charge in [0.15, 0.2) is 0 Å². The van der Waals surface area contributed by atoms with E-state index in [-0.39, 0.29) is 5.82 Å². The number of rotatable bonds is 9. The summed E-state index contributed by atoms with van der Waals surface area (Å²) in [6.07, 6.45) is 12.2. The van der Waals surface area contributed by atoms with Gasteiger partial charge in [-0.3, -0.25) is 4.79 Å². The van der Waals surface area contributed by atoms with Gasteiger partial charge in [0.05, 0.1) is 0 Å². The third-order valence-corrected chi connectivity index (χ3v) is 4.70. The molecule has 0 spiro atoms. The summed E-state index contributed by atoms with van der Waals surface area (Å²) in [6, 6.07) is 6.90. The number of halogens is 1. The van der Waals surface area contributed by atoms with Crippen molar-refractivity contribution in [3.8, 4) is 0 Å². The average molecular weight is 319 g/mol. The normalized spacial score (nSPS) is 14.9. The van der Waals surface area contributed by atoms with E-state index in [9.17, 15) is 9.18 Å². The monoisotopic (exact) mass is 319 g/mol. The van der Waals surface area contributed by atoms with Crippen molar-refractivity contribution in [2.45, 2.75) is 70.6 Å². The number of likely N-dealkylation sites (tertiary alicyclic amines) is 1. The lowest BCUT2D eigenvalue weighted by atomic mass is 10.0. The van der Waals surface area contributed by atoms with Gasteiger partial charge in [0.2, 0.25) is 5.91 Å². The molecule has 1 aliphatic rings. The minimum absolute atomic E-state index is 0.138. The first kappa shape index (κ1) is 18.0. The maximum atomic E-state index is 13.1. The molecule has 2 rings (SSSR count). The number of amides is 1.